The van der Waals surface area contributed by atoms with Crippen LogP contribution in [0.15, 0.2) is 28.7 Å². The summed E-state index contributed by atoms with van der Waals surface area (Å²) >= 11 is 7.24. The van der Waals surface area contributed by atoms with Gasteiger partial charge < -0.3 is 14.5 Å². The van der Waals surface area contributed by atoms with E-state index in [-0.39, 0.29) is 18.7 Å². The predicted molar refractivity (Wildman–Crippen MR) is 84.0 cm³/mol. The van der Waals surface area contributed by atoms with E-state index < -0.39 is 12.0 Å². The van der Waals surface area contributed by atoms with E-state index >= 15 is 0 Å². The molecule has 7 heteroatoms. The molecule has 2 aromatic rings. The Bertz CT molecular complexity index is 664. The van der Waals surface area contributed by atoms with Crippen molar-refractivity contribution in [1.82, 2.24) is 5.32 Å². The van der Waals surface area contributed by atoms with Gasteiger partial charge >= 0.3 is 5.97 Å². The van der Waals surface area contributed by atoms with Gasteiger partial charge in [-0.3, -0.25) is 9.59 Å². The molecule has 0 fully saturated rings. The number of hydrogen-bond acceptors (Lipinski definition) is 5. The van der Waals surface area contributed by atoms with Crippen LogP contribution in [0.25, 0.3) is 0 Å². The first-order chi connectivity index (χ1) is 10.5. The zero-order valence-corrected chi connectivity index (χ0v) is 13.8. The summed E-state index contributed by atoms with van der Waals surface area (Å²) in [6.45, 7) is 1.81. The molecule has 2 heterocycles. The zero-order chi connectivity index (χ0) is 16.1. The molecule has 0 radical (unpaired) electrons. The number of thiophene rings is 1. The van der Waals surface area contributed by atoms with Crippen LogP contribution < -0.4 is 5.32 Å². The minimum Gasteiger partial charge on any atom is -0.469 e. The number of ether oxygens (including phenoxy) is 1. The first-order valence-electron chi connectivity index (χ1n) is 6.64. The molecule has 0 aromatic carbocycles. The summed E-state index contributed by atoms with van der Waals surface area (Å²) in [5.41, 5.74) is 0. The Morgan fingerprint density at radius 1 is 1.36 bits per heavy atom. The average molecular weight is 342 g/mol. The summed E-state index contributed by atoms with van der Waals surface area (Å²) in [7, 11) is 1.31. The molecule has 5 nitrogen and oxygen atoms in total. The number of carbonyl (C=O) groups is 2. The summed E-state index contributed by atoms with van der Waals surface area (Å²) in [6, 6.07) is 6.61. The molecule has 1 N–H and O–H groups in total. The second kappa shape index (κ2) is 7.47. The lowest BCUT2D eigenvalue weighted by atomic mass is 10.1. The first kappa shape index (κ1) is 16.6. The Morgan fingerprint density at radius 2 is 2.14 bits per heavy atom. The fourth-order valence-corrected chi connectivity index (χ4v) is 3.08. The molecule has 0 aliphatic carbocycles. The van der Waals surface area contributed by atoms with Gasteiger partial charge in [-0.15, -0.1) is 11.3 Å². The van der Waals surface area contributed by atoms with E-state index in [2.05, 4.69) is 10.1 Å². The molecule has 118 valence electrons. The lowest BCUT2D eigenvalue weighted by Gasteiger charge is -2.16. The van der Waals surface area contributed by atoms with Crippen LogP contribution in [0, 0.1) is 6.92 Å². The van der Waals surface area contributed by atoms with Crippen molar-refractivity contribution in [2.75, 3.05) is 7.11 Å². The molecular weight excluding hydrogens is 326 g/mol. The summed E-state index contributed by atoms with van der Waals surface area (Å²) in [5.74, 6) is 0.700. The number of halogens is 1. The van der Waals surface area contributed by atoms with Crippen molar-refractivity contribution in [2.45, 2.75) is 25.8 Å². The monoisotopic (exact) mass is 341 g/mol. The summed E-state index contributed by atoms with van der Waals surface area (Å²) < 4.78 is 10.6. The standard InChI is InChI=1S/C15H16ClNO4S/c1-9-3-4-10(21-9)7-14(18)17-11(8-15(19)20-2)12-5-6-13(16)22-12/h3-6,11H,7-8H2,1-2H3,(H,17,18)/t11-/m1/s1. The van der Waals surface area contributed by atoms with Gasteiger partial charge in [0.1, 0.15) is 11.5 Å². The van der Waals surface area contributed by atoms with E-state index in [0.29, 0.717) is 10.1 Å². The van der Waals surface area contributed by atoms with Gasteiger partial charge in [0.2, 0.25) is 5.91 Å². The van der Waals surface area contributed by atoms with E-state index in [1.165, 1.54) is 18.4 Å². The molecule has 2 rings (SSSR count). The SMILES string of the molecule is COC(=O)C[C@@H](NC(=O)Cc1ccc(C)o1)c1ccc(Cl)s1. The van der Waals surface area contributed by atoms with Gasteiger partial charge in [-0.25, -0.2) is 0 Å². The van der Waals surface area contributed by atoms with Crippen molar-refractivity contribution in [2.24, 2.45) is 0 Å². The number of carbonyl (C=O) groups excluding carboxylic acids is 2. The highest BCUT2D eigenvalue weighted by molar-refractivity contribution is 7.16. The van der Waals surface area contributed by atoms with E-state index in [1.54, 1.807) is 24.3 Å². The smallest absolute Gasteiger partial charge is 0.307 e. The molecule has 0 aliphatic heterocycles. The highest BCUT2D eigenvalue weighted by Gasteiger charge is 2.21. The first-order valence-corrected chi connectivity index (χ1v) is 7.84. The normalized spacial score (nSPS) is 12.0. The minimum atomic E-state index is -0.464. The third-order valence-corrected chi connectivity index (χ3v) is 4.35. The number of amides is 1. The fourth-order valence-electron chi connectivity index (χ4n) is 1.97. The van der Waals surface area contributed by atoms with Gasteiger partial charge in [0.15, 0.2) is 0 Å². The number of rotatable bonds is 6. The highest BCUT2D eigenvalue weighted by Crippen LogP contribution is 2.29. The molecule has 0 saturated heterocycles. The molecule has 1 amide bonds. The topological polar surface area (TPSA) is 68.5 Å². The molecular formula is C15H16ClNO4S. The number of esters is 1. The van der Waals surface area contributed by atoms with E-state index in [4.69, 9.17) is 16.0 Å². The second-order valence-corrected chi connectivity index (χ2v) is 6.48. The van der Waals surface area contributed by atoms with E-state index in [1.807, 2.05) is 6.92 Å². The lowest BCUT2D eigenvalue weighted by Crippen LogP contribution is -2.31. The highest BCUT2D eigenvalue weighted by atomic mass is 35.5. The number of furan rings is 1. The molecule has 0 saturated carbocycles. The van der Waals surface area contributed by atoms with Crippen LogP contribution in [0.2, 0.25) is 4.34 Å². The maximum atomic E-state index is 12.1. The third kappa shape index (κ3) is 4.61. The second-order valence-electron chi connectivity index (χ2n) is 4.73. The zero-order valence-electron chi connectivity index (χ0n) is 12.2. The molecule has 1 atom stereocenters. The Balaban J connectivity index is 2.05. The van der Waals surface area contributed by atoms with Crippen molar-refractivity contribution in [3.8, 4) is 0 Å². The predicted octanol–water partition coefficient (Wildman–Crippen LogP) is 3.27. The van der Waals surface area contributed by atoms with Crippen molar-refractivity contribution in [3.05, 3.63) is 45.0 Å². The van der Waals surface area contributed by atoms with Gasteiger partial charge in [-0.05, 0) is 31.2 Å². The van der Waals surface area contributed by atoms with Crippen LogP contribution in [0.4, 0.5) is 0 Å². The number of methoxy groups -OCH3 is 1. The summed E-state index contributed by atoms with van der Waals surface area (Å²) in [4.78, 5) is 24.5. The van der Waals surface area contributed by atoms with E-state index in [9.17, 15) is 9.59 Å². The minimum absolute atomic E-state index is 0.0518. The molecule has 0 unspecified atom stereocenters. The molecule has 0 bridgehead atoms. The maximum absolute atomic E-state index is 12.1. The van der Waals surface area contributed by atoms with Gasteiger partial charge in [-0.2, -0.15) is 0 Å². The van der Waals surface area contributed by atoms with Crippen LogP contribution in [0.3, 0.4) is 0 Å². The molecule has 0 aliphatic rings. The Kier molecular flexibility index (Phi) is 5.63. The van der Waals surface area contributed by atoms with Crippen molar-refractivity contribution in [1.29, 1.82) is 0 Å². The maximum Gasteiger partial charge on any atom is 0.307 e. The third-order valence-electron chi connectivity index (χ3n) is 3.00. The van der Waals surface area contributed by atoms with Gasteiger partial charge in [-0.1, -0.05) is 11.6 Å². The number of aryl methyl sites for hydroxylation is 1. The van der Waals surface area contributed by atoms with Crippen LogP contribution >= 0.6 is 22.9 Å². The Morgan fingerprint density at radius 3 is 2.68 bits per heavy atom. The van der Waals surface area contributed by atoms with E-state index in [0.717, 1.165) is 10.6 Å². The Labute approximate surface area is 137 Å². The van der Waals surface area contributed by atoms with Crippen LogP contribution in [-0.2, 0) is 20.7 Å². The summed E-state index contributed by atoms with van der Waals surface area (Å²) in [6.07, 6.45) is 0.168. The van der Waals surface area contributed by atoms with Crippen molar-refractivity contribution < 1.29 is 18.7 Å². The van der Waals surface area contributed by atoms with Crippen LogP contribution in [-0.4, -0.2) is 19.0 Å². The number of nitrogens with one attached hydrogen (secondary N) is 1. The van der Waals surface area contributed by atoms with Crippen molar-refractivity contribution in [3.63, 3.8) is 0 Å². The summed E-state index contributed by atoms with van der Waals surface area (Å²) in [5, 5.41) is 2.82. The molecule has 0 spiro atoms. The fraction of sp³-hybridized carbons (Fsp3) is 0.333. The van der Waals surface area contributed by atoms with Gasteiger partial charge in [0.25, 0.3) is 0 Å². The molecule has 22 heavy (non-hydrogen) atoms. The van der Waals surface area contributed by atoms with Crippen molar-refractivity contribution >= 4 is 34.8 Å². The quantitative estimate of drug-likeness (QED) is 0.819. The Hall–Kier alpha value is -1.79. The van der Waals surface area contributed by atoms with Gasteiger partial charge in [0.05, 0.1) is 30.3 Å². The molecule has 2 aromatic heterocycles. The van der Waals surface area contributed by atoms with Gasteiger partial charge in [0, 0.05) is 4.88 Å². The van der Waals surface area contributed by atoms with Crippen LogP contribution in [0.1, 0.15) is 28.9 Å². The number of hydrogen-bond donors (Lipinski definition) is 1. The largest absolute Gasteiger partial charge is 0.469 e. The average Bonchev–Trinajstić information content (AvgIpc) is 3.06. The van der Waals surface area contributed by atoms with Crippen LogP contribution in [0.5, 0.6) is 0 Å². The lowest BCUT2D eigenvalue weighted by molar-refractivity contribution is -0.141.